The Morgan fingerprint density at radius 1 is 1.47 bits per heavy atom. The number of hydrogen-bond acceptors (Lipinski definition) is 1. The first kappa shape index (κ1) is 11.0. The van der Waals surface area contributed by atoms with Gasteiger partial charge in [0.2, 0.25) is 0 Å². The molecule has 1 atom stereocenters. The number of rotatable bonds is 4. The van der Waals surface area contributed by atoms with Crippen LogP contribution in [0.25, 0.3) is 0 Å². The predicted octanol–water partition coefficient (Wildman–Crippen LogP) is 3.18. The van der Waals surface area contributed by atoms with Gasteiger partial charge in [-0.1, -0.05) is 23.7 Å². The molecular formula is C13H18ClN. The second-order valence-electron chi connectivity index (χ2n) is 4.62. The molecule has 1 saturated carbocycles. The summed E-state index contributed by atoms with van der Waals surface area (Å²) in [5.74, 6) is 1.55. The molecule has 1 aliphatic carbocycles. The lowest BCUT2D eigenvalue weighted by molar-refractivity contribution is 0.471. The van der Waals surface area contributed by atoms with Gasteiger partial charge in [-0.15, -0.1) is 0 Å². The molecule has 82 valence electrons. The van der Waals surface area contributed by atoms with Gasteiger partial charge < -0.3 is 5.73 Å². The highest BCUT2D eigenvalue weighted by molar-refractivity contribution is 6.31. The largest absolute Gasteiger partial charge is 0.330 e. The maximum absolute atomic E-state index is 6.00. The second kappa shape index (κ2) is 4.54. The molecule has 0 aliphatic heterocycles. The molecule has 1 nitrogen and oxygen atoms in total. The van der Waals surface area contributed by atoms with Gasteiger partial charge in [0, 0.05) is 5.02 Å². The molecular weight excluding hydrogens is 206 g/mol. The average molecular weight is 224 g/mol. The van der Waals surface area contributed by atoms with Crippen molar-refractivity contribution in [1.29, 1.82) is 0 Å². The molecule has 1 aromatic rings. The summed E-state index contributed by atoms with van der Waals surface area (Å²) < 4.78 is 0. The van der Waals surface area contributed by atoms with Crippen molar-refractivity contribution in [3.8, 4) is 0 Å². The Morgan fingerprint density at radius 3 is 2.73 bits per heavy atom. The zero-order valence-corrected chi connectivity index (χ0v) is 9.93. The third kappa shape index (κ3) is 2.73. The van der Waals surface area contributed by atoms with E-state index < -0.39 is 0 Å². The lowest BCUT2D eigenvalue weighted by Gasteiger charge is -2.14. The monoisotopic (exact) mass is 223 g/mol. The molecule has 2 heteroatoms. The number of halogens is 1. The first-order chi connectivity index (χ1) is 7.20. The molecule has 1 unspecified atom stereocenters. The van der Waals surface area contributed by atoms with Gasteiger partial charge in [-0.2, -0.15) is 0 Å². The summed E-state index contributed by atoms with van der Waals surface area (Å²) in [5.41, 5.74) is 8.35. The van der Waals surface area contributed by atoms with Crippen LogP contribution in [0, 0.1) is 18.8 Å². The zero-order chi connectivity index (χ0) is 10.8. The molecule has 2 N–H and O–H groups in total. The third-order valence-electron chi connectivity index (χ3n) is 3.31. The minimum Gasteiger partial charge on any atom is -0.330 e. The summed E-state index contributed by atoms with van der Waals surface area (Å²) in [7, 11) is 0. The van der Waals surface area contributed by atoms with Gasteiger partial charge >= 0.3 is 0 Å². The topological polar surface area (TPSA) is 26.0 Å². The summed E-state index contributed by atoms with van der Waals surface area (Å²) in [4.78, 5) is 0. The average Bonchev–Trinajstić information content (AvgIpc) is 3.03. The van der Waals surface area contributed by atoms with Gasteiger partial charge in [-0.3, -0.25) is 0 Å². The third-order valence-corrected chi connectivity index (χ3v) is 3.74. The fourth-order valence-corrected chi connectivity index (χ4v) is 2.26. The van der Waals surface area contributed by atoms with Crippen LogP contribution < -0.4 is 5.73 Å². The van der Waals surface area contributed by atoms with E-state index in [4.69, 9.17) is 17.3 Å². The summed E-state index contributed by atoms with van der Waals surface area (Å²) in [6.45, 7) is 2.87. The fourth-order valence-electron chi connectivity index (χ4n) is 2.15. The van der Waals surface area contributed by atoms with Crippen molar-refractivity contribution in [3.63, 3.8) is 0 Å². The van der Waals surface area contributed by atoms with Crippen LogP contribution in [0.2, 0.25) is 5.02 Å². The molecule has 2 rings (SSSR count). The summed E-state index contributed by atoms with van der Waals surface area (Å²) in [5, 5.41) is 0.856. The van der Waals surface area contributed by atoms with Gasteiger partial charge in [0.05, 0.1) is 0 Å². The van der Waals surface area contributed by atoms with Gasteiger partial charge in [0.25, 0.3) is 0 Å². The van der Waals surface area contributed by atoms with E-state index in [0.29, 0.717) is 5.92 Å². The van der Waals surface area contributed by atoms with E-state index in [1.165, 1.54) is 24.0 Å². The van der Waals surface area contributed by atoms with E-state index in [-0.39, 0.29) is 0 Å². The van der Waals surface area contributed by atoms with Crippen LogP contribution in [-0.4, -0.2) is 6.54 Å². The van der Waals surface area contributed by atoms with Crippen molar-refractivity contribution in [2.45, 2.75) is 26.2 Å². The SMILES string of the molecule is Cc1cc(CC(CN)C2CC2)ccc1Cl. The standard InChI is InChI=1S/C13H18ClN/c1-9-6-10(2-5-13(9)14)7-12(8-15)11-3-4-11/h2,5-6,11-12H,3-4,7-8,15H2,1H3. The fraction of sp³-hybridized carbons (Fsp3) is 0.538. The smallest absolute Gasteiger partial charge is 0.0435 e. The highest BCUT2D eigenvalue weighted by atomic mass is 35.5. The Balaban J connectivity index is 2.05. The van der Waals surface area contributed by atoms with Crippen LogP contribution in [0.4, 0.5) is 0 Å². The van der Waals surface area contributed by atoms with Crippen LogP contribution in [-0.2, 0) is 6.42 Å². The number of nitrogens with two attached hydrogens (primary N) is 1. The molecule has 0 aromatic heterocycles. The molecule has 0 saturated heterocycles. The van der Waals surface area contributed by atoms with Gasteiger partial charge in [0.1, 0.15) is 0 Å². The van der Waals surface area contributed by atoms with Crippen LogP contribution in [0.1, 0.15) is 24.0 Å². The van der Waals surface area contributed by atoms with Crippen molar-refractivity contribution in [2.75, 3.05) is 6.54 Å². The second-order valence-corrected chi connectivity index (χ2v) is 5.03. The van der Waals surface area contributed by atoms with E-state index in [1.807, 2.05) is 6.07 Å². The van der Waals surface area contributed by atoms with Gasteiger partial charge in [-0.05, 0) is 61.8 Å². The predicted molar refractivity (Wildman–Crippen MR) is 65.2 cm³/mol. The van der Waals surface area contributed by atoms with Gasteiger partial charge in [-0.25, -0.2) is 0 Å². The van der Waals surface area contributed by atoms with Crippen LogP contribution in [0.5, 0.6) is 0 Å². The summed E-state index contributed by atoms with van der Waals surface area (Å²) in [6.07, 6.45) is 3.85. The van der Waals surface area contributed by atoms with Crippen molar-refractivity contribution in [3.05, 3.63) is 34.3 Å². The lowest BCUT2D eigenvalue weighted by atomic mass is 9.94. The normalized spacial score (nSPS) is 17.8. The Kier molecular flexibility index (Phi) is 3.32. The Hall–Kier alpha value is -0.530. The van der Waals surface area contributed by atoms with E-state index in [9.17, 15) is 0 Å². The first-order valence-electron chi connectivity index (χ1n) is 5.66. The zero-order valence-electron chi connectivity index (χ0n) is 9.17. The van der Waals surface area contributed by atoms with E-state index in [0.717, 1.165) is 23.9 Å². The Bertz CT molecular complexity index is 344. The highest BCUT2D eigenvalue weighted by Gasteiger charge is 2.29. The minimum atomic E-state index is 0.672. The van der Waals surface area contributed by atoms with E-state index in [2.05, 4.69) is 19.1 Å². The van der Waals surface area contributed by atoms with Crippen LogP contribution >= 0.6 is 11.6 Å². The van der Waals surface area contributed by atoms with Crippen molar-refractivity contribution in [1.82, 2.24) is 0 Å². The number of benzene rings is 1. The van der Waals surface area contributed by atoms with E-state index >= 15 is 0 Å². The quantitative estimate of drug-likeness (QED) is 0.834. The Morgan fingerprint density at radius 2 is 2.20 bits per heavy atom. The van der Waals surface area contributed by atoms with Crippen LogP contribution in [0.3, 0.4) is 0 Å². The maximum atomic E-state index is 6.00. The highest BCUT2D eigenvalue weighted by Crippen LogP contribution is 2.38. The molecule has 15 heavy (non-hydrogen) atoms. The number of aryl methyl sites for hydroxylation is 1. The molecule has 0 spiro atoms. The minimum absolute atomic E-state index is 0.672. The van der Waals surface area contributed by atoms with Gasteiger partial charge in [0.15, 0.2) is 0 Å². The van der Waals surface area contributed by atoms with Crippen molar-refractivity contribution < 1.29 is 0 Å². The molecule has 1 aromatic carbocycles. The summed E-state index contributed by atoms with van der Waals surface area (Å²) >= 11 is 6.00. The molecule has 1 fully saturated rings. The molecule has 0 bridgehead atoms. The van der Waals surface area contributed by atoms with Crippen molar-refractivity contribution >= 4 is 11.6 Å². The summed E-state index contributed by atoms with van der Waals surface area (Å²) in [6, 6.07) is 6.31. The van der Waals surface area contributed by atoms with E-state index in [1.54, 1.807) is 0 Å². The van der Waals surface area contributed by atoms with Crippen molar-refractivity contribution in [2.24, 2.45) is 17.6 Å². The molecule has 0 radical (unpaired) electrons. The van der Waals surface area contributed by atoms with Crippen LogP contribution in [0.15, 0.2) is 18.2 Å². The maximum Gasteiger partial charge on any atom is 0.0435 e. The first-order valence-corrected chi connectivity index (χ1v) is 6.03. The number of hydrogen-bond donors (Lipinski definition) is 1. The molecule has 1 aliphatic rings. The lowest BCUT2D eigenvalue weighted by Crippen LogP contribution is -2.18. The molecule has 0 amide bonds. The Labute approximate surface area is 96.6 Å². The molecule has 0 heterocycles.